The van der Waals surface area contributed by atoms with Gasteiger partial charge in [-0.1, -0.05) is 48.5 Å². The lowest BCUT2D eigenvalue weighted by Crippen LogP contribution is -2.13. The third kappa shape index (κ3) is 2.81. The van der Waals surface area contributed by atoms with E-state index >= 15 is 0 Å². The number of benzene rings is 1. The van der Waals surface area contributed by atoms with E-state index in [1.54, 1.807) is 6.07 Å². The molecular formula is C12H13Cl3. The van der Waals surface area contributed by atoms with Gasteiger partial charge >= 0.3 is 0 Å². The Bertz CT molecular complexity index is 345. The molecule has 0 spiro atoms. The molecule has 0 bridgehead atoms. The van der Waals surface area contributed by atoms with E-state index in [9.17, 15) is 0 Å². The SMILES string of the molecule is Clc1ccc(C(Cl)CC2CCC2)c(Cl)c1. The summed E-state index contributed by atoms with van der Waals surface area (Å²) in [5.41, 5.74) is 1.01. The highest BCUT2D eigenvalue weighted by molar-refractivity contribution is 6.35. The highest BCUT2D eigenvalue weighted by Gasteiger charge is 2.22. The van der Waals surface area contributed by atoms with Gasteiger partial charge in [-0.3, -0.25) is 0 Å². The Kier molecular flexibility index (Phi) is 3.82. The molecular weight excluding hydrogens is 250 g/mol. The zero-order chi connectivity index (χ0) is 10.8. The summed E-state index contributed by atoms with van der Waals surface area (Å²) in [6.07, 6.45) is 5.01. The second kappa shape index (κ2) is 4.95. The third-order valence-electron chi connectivity index (χ3n) is 3.06. The van der Waals surface area contributed by atoms with Gasteiger partial charge in [0, 0.05) is 10.0 Å². The molecule has 1 aromatic carbocycles. The molecule has 15 heavy (non-hydrogen) atoms. The summed E-state index contributed by atoms with van der Waals surface area (Å²) in [6, 6.07) is 5.54. The average Bonchev–Trinajstić information content (AvgIpc) is 2.11. The molecule has 1 aliphatic rings. The number of hydrogen-bond acceptors (Lipinski definition) is 0. The number of hydrogen-bond donors (Lipinski definition) is 0. The van der Waals surface area contributed by atoms with Crippen molar-refractivity contribution in [1.82, 2.24) is 0 Å². The Morgan fingerprint density at radius 3 is 2.53 bits per heavy atom. The van der Waals surface area contributed by atoms with Crippen LogP contribution in [0.2, 0.25) is 10.0 Å². The second-order valence-corrected chi connectivity index (χ2v) is 5.54. The van der Waals surface area contributed by atoms with Crippen molar-refractivity contribution in [2.45, 2.75) is 31.1 Å². The third-order valence-corrected chi connectivity index (χ3v) is 4.04. The van der Waals surface area contributed by atoms with Crippen molar-refractivity contribution in [1.29, 1.82) is 0 Å². The number of alkyl halides is 1. The monoisotopic (exact) mass is 262 g/mol. The Hall–Kier alpha value is 0.0900. The molecule has 82 valence electrons. The molecule has 0 radical (unpaired) electrons. The molecule has 1 fully saturated rings. The van der Waals surface area contributed by atoms with Crippen molar-refractivity contribution in [2.24, 2.45) is 5.92 Å². The maximum absolute atomic E-state index is 6.34. The molecule has 1 unspecified atom stereocenters. The molecule has 0 N–H and O–H groups in total. The fraction of sp³-hybridized carbons (Fsp3) is 0.500. The lowest BCUT2D eigenvalue weighted by molar-refractivity contribution is 0.293. The predicted molar refractivity (Wildman–Crippen MR) is 67.0 cm³/mol. The Labute approximate surface area is 106 Å². The summed E-state index contributed by atoms with van der Waals surface area (Å²) in [5.74, 6) is 0.791. The van der Waals surface area contributed by atoms with Gasteiger partial charge < -0.3 is 0 Å². The van der Waals surface area contributed by atoms with Crippen LogP contribution in [-0.4, -0.2) is 0 Å². The molecule has 0 aromatic heterocycles. The molecule has 0 saturated heterocycles. The summed E-state index contributed by atoms with van der Waals surface area (Å²) in [4.78, 5) is 0. The van der Waals surface area contributed by atoms with Crippen LogP contribution < -0.4 is 0 Å². The van der Waals surface area contributed by atoms with E-state index < -0.39 is 0 Å². The van der Waals surface area contributed by atoms with Gasteiger partial charge in [0.05, 0.1) is 5.38 Å². The zero-order valence-corrected chi connectivity index (χ0v) is 10.6. The minimum atomic E-state index is 0.0278. The fourth-order valence-electron chi connectivity index (χ4n) is 1.90. The van der Waals surface area contributed by atoms with Crippen LogP contribution in [0.25, 0.3) is 0 Å². The van der Waals surface area contributed by atoms with Crippen molar-refractivity contribution in [3.63, 3.8) is 0 Å². The molecule has 3 heteroatoms. The molecule has 0 amide bonds. The van der Waals surface area contributed by atoms with Crippen LogP contribution in [0, 0.1) is 5.92 Å². The van der Waals surface area contributed by atoms with Crippen molar-refractivity contribution in [2.75, 3.05) is 0 Å². The van der Waals surface area contributed by atoms with Gasteiger partial charge in [0.2, 0.25) is 0 Å². The van der Waals surface area contributed by atoms with E-state index in [2.05, 4.69) is 0 Å². The Morgan fingerprint density at radius 1 is 1.27 bits per heavy atom. The Balaban J connectivity index is 2.06. The molecule has 0 nitrogen and oxygen atoms in total. The van der Waals surface area contributed by atoms with E-state index in [0.29, 0.717) is 10.0 Å². The van der Waals surface area contributed by atoms with Crippen LogP contribution in [0.4, 0.5) is 0 Å². The minimum absolute atomic E-state index is 0.0278. The maximum atomic E-state index is 6.34. The minimum Gasteiger partial charge on any atom is -0.118 e. The van der Waals surface area contributed by atoms with Gasteiger partial charge in [-0.25, -0.2) is 0 Å². The molecule has 1 atom stereocenters. The van der Waals surface area contributed by atoms with Gasteiger partial charge in [-0.15, -0.1) is 11.6 Å². The van der Waals surface area contributed by atoms with Crippen molar-refractivity contribution >= 4 is 34.8 Å². The summed E-state index contributed by atoms with van der Waals surface area (Å²) < 4.78 is 0. The zero-order valence-electron chi connectivity index (χ0n) is 8.35. The van der Waals surface area contributed by atoms with Crippen LogP contribution in [0.5, 0.6) is 0 Å². The van der Waals surface area contributed by atoms with E-state index in [-0.39, 0.29) is 5.38 Å². The van der Waals surface area contributed by atoms with E-state index in [4.69, 9.17) is 34.8 Å². The lowest BCUT2D eigenvalue weighted by Gasteiger charge is -2.27. The predicted octanol–water partition coefficient (Wildman–Crippen LogP) is 5.46. The highest BCUT2D eigenvalue weighted by Crippen LogP contribution is 2.40. The first-order valence-corrected chi connectivity index (χ1v) is 6.45. The molecule has 1 saturated carbocycles. The van der Waals surface area contributed by atoms with E-state index in [1.165, 1.54) is 19.3 Å². The van der Waals surface area contributed by atoms with Crippen molar-refractivity contribution < 1.29 is 0 Å². The van der Waals surface area contributed by atoms with Crippen molar-refractivity contribution in [3.05, 3.63) is 33.8 Å². The lowest BCUT2D eigenvalue weighted by atomic mass is 9.81. The standard InChI is InChI=1S/C12H13Cl3/c13-9-4-5-10(12(15)7-9)11(14)6-8-2-1-3-8/h4-5,7-8,11H,1-3,6H2. The average molecular weight is 264 g/mol. The molecule has 2 rings (SSSR count). The molecule has 0 aliphatic heterocycles. The molecule has 0 heterocycles. The van der Waals surface area contributed by atoms with E-state index in [0.717, 1.165) is 17.9 Å². The quantitative estimate of drug-likeness (QED) is 0.635. The molecule has 1 aliphatic carbocycles. The summed E-state index contributed by atoms with van der Waals surface area (Å²) in [7, 11) is 0. The summed E-state index contributed by atoms with van der Waals surface area (Å²) in [6.45, 7) is 0. The van der Waals surface area contributed by atoms with Crippen LogP contribution in [-0.2, 0) is 0 Å². The van der Waals surface area contributed by atoms with Gasteiger partial charge in [0.1, 0.15) is 0 Å². The first-order chi connectivity index (χ1) is 7.16. The number of halogens is 3. The maximum Gasteiger partial charge on any atom is 0.0602 e. The van der Waals surface area contributed by atoms with Gasteiger partial charge in [-0.2, -0.15) is 0 Å². The van der Waals surface area contributed by atoms with Crippen LogP contribution >= 0.6 is 34.8 Å². The van der Waals surface area contributed by atoms with Crippen LogP contribution in [0.1, 0.15) is 36.6 Å². The van der Waals surface area contributed by atoms with E-state index in [1.807, 2.05) is 12.1 Å². The normalized spacial score (nSPS) is 18.6. The van der Waals surface area contributed by atoms with Gasteiger partial charge in [0.25, 0.3) is 0 Å². The number of rotatable bonds is 3. The largest absolute Gasteiger partial charge is 0.118 e. The molecule has 1 aromatic rings. The first-order valence-electron chi connectivity index (χ1n) is 5.26. The Morgan fingerprint density at radius 2 is 2.00 bits per heavy atom. The first kappa shape index (κ1) is 11.6. The van der Waals surface area contributed by atoms with Crippen LogP contribution in [0.15, 0.2) is 18.2 Å². The fourth-order valence-corrected chi connectivity index (χ4v) is 2.94. The topological polar surface area (TPSA) is 0 Å². The second-order valence-electron chi connectivity index (χ2n) is 4.17. The highest BCUT2D eigenvalue weighted by atomic mass is 35.5. The van der Waals surface area contributed by atoms with Gasteiger partial charge in [-0.05, 0) is 30.0 Å². The summed E-state index contributed by atoms with van der Waals surface area (Å²) >= 11 is 18.3. The van der Waals surface area contributed by atoms with Gasteiger partial charge in [0.15, 0.2) is 0 Å². The van der Waals surface area contributed by atoms with Crippen molar-refractivity contribution in [3.8, 4) is 0 Å². The smallest absolute Gasteiger partial charge is 0.0602 e. The summed E-state index contributed by atoms with van der Waals surface area (Å²) in [5, 5.41) is 1.37. The van der Waals surface area contributed by atoms with Crippen LogP contribution in [0.3, 0.4) is 0 Å².